The third kappa shape index (κ3) is 2.67. The van der Waals surface area contributed by atoms with Crippen molar-refractivity contribution in [1.29, 1.82) is 0 Å². The van der Waals surface area contributed by atoms with E-state index in [0.717, 1.165) is 43.7 Å². The number of aryl methyl sites for hydroxylation is 1. The van der Waals surface area contributed by atoms with Gasteiger partial charge in [0.2, 0.25) is 0 Å². The lowest BCUT2D eigenvalue weighted by molar-refractivity contribution is -0.113. The maximum absolute atomic E-state index is 10.6. The van der Waals surface area contributed by atoms with Crippen molar-refractivity contribution < 1.29 is 9.84 Å². The van der Waals surface area contributed by atoms with Gasteiger partial charge in [-0.15, -0.1) is 0 Å². The van der Waals surface area contributed by atoms with Gasteiger partial charge in [-0.3, -0.25) is 4.98 Å². The highest BCUT2D eigenvalue weighted by Gasteiger charge is 2.42. The first-order valence-corrected chi connectivity index (χ1v) is 7.44. The molecule has 0 aromatic carbocycles. The van der Waals surface area contributed by atoms with Crippen LogP contribution in [0.1, 0.15) is 56.0 Å². The van der Waals surface area contributed by atoms with Gasteiger partial charge in [0.05, 0.1) is 17.4 Å². The quantitative estimate of drug-likeness (QED) is 0.889. The predicted molar refractivity (Wildman–Crippen MR) is 73.8 cm³/mol. The van der Waals surface area contributed by atoms with E-state index in [1.807, 2.05) is 25.1 Å². The first-order chi connectivity index (χ1) is 9.19. The van der Waals surface area contributed by atoms with Crippen LogP contribution in [0.3, 0.4) is 0 Å². The summed E-state index contributed by atoms with van der Waals surface area (Å²) in [5.74, 6) is 0.293. The molecule has 1 saturated carbocycles. The van der Waals surface area contributed by atoms with E-state index in [1.165, 1.54) is 12.8 Å². The highest BCUT2D eigenvalue weighted by Crippen LogP contribution is 2.45. The Morgan fingerprint density at radius 2 is 2.16 bits per heavy atom. The molecule has 1 N–H and O–H groups in total. The Labute approximate surface area is 115 Å². The molecule has 2 aliphatic rings. The van der Waals surface area contributed by atoms with Crippen molar-refractivity contribution >= 4 is 0 Å². The fourth-order valence-corrected chi connectivity index (χ4v) is 3.67. The highest BCUT2D eigenvalue weighted by molar-refractivity contribution is 5.13. The summed E-state index contributed by atoms with van der Waals surface area (Å²) in [6.07, 6.45) is 6.36. The van der Waals surface area contributed by atoms with Crippen molar-refractivity contribution in [2.45, 2.75) is 57.2 Å². The monoisotopic (exact) mass is 261 g/mol. The van der Waals surface area contributed by atoms with Crippen molar-refractivity contribution in [3.8, 4) is 0 Å². The molecule has 2 heterocycles. The van der Waals surface area contributed by atoms with Gasteiger partial charge < -0.3 is 9.84 Å². The van der Waals surface area contributed by atoms with E-state index >= 15 is 0 Å². The van der Waals surface area contributed by atoms with Gasteiger partial charge in [0.15, 0.2) is 0 Å². The third-order valence-electron chi connectivity index (χ3n) is 4.71. The molecule has 1 aliphatic carbocycles. The van der Waals surface area contributed by atoms with E-state index in [9.17, 15) is 5.11 Å². The molecule has 104 valence electrons. The third-order valence-corrected chi connectivity index (χ3v) is 4.71. The van der Waals surface area contributed by atoms with Crippen LogP contribution in [0, 0.1) is 12.8 Å². The summed E-state index contributed by atoms with van der Waals surface area (Å²) in [7, 11) is 0. The molecule has 2 unspecified atom stereocenters. The number of hydrogen-bond acceptors (Lipinski definition) is 3. The Bertz CT molecular complexity index is 440. The number of aliphatic hydroxyl groups is 1. The van der Waals surface area contributed by atoms with Gasteiger partial charge in [-0.2, -0.15) is 0 Å². The highest BCUT2D eigenvalue weighted by atomic mass is 16.5. The van der Waals surface area contributed by atoms with Gasteiger partial charge in [-0.1, -0.05) is 18.9 Å². The second kappa shape index (κ2) is 5.22. The van der Waals surface area contributed by atoms with E-state index in [2.05, 4.69) is 4.98 Å². The number of ether oxygens (including phenoxy) is 1. The molecule has 2 atom stereocenters. The molecule has 0 amide bonds. The van der Waals surface area contributed by atoms with Crippen molar-refractivity contribution in [3.05, 3.63) is 29.6 Å². The molecule has 0 bridgehead atoms. The average Bonchev–Trinajstić information content (AvgIpc) is 2.86. The molecule has 1 spiro atoms. The van der Waals surface area contributed by atoms with Crippen LogP contribution in [-0.2, 0) is 4.74 Å². The van der Waals surface area contributed by atoms with Crippen LogP contribution in [0.5, 0.6) is 0 Å². The minimum Gasteiger partial charge on any atom is -0.387 e. The minimum absolute atomic E-state index is 0.0632. The molecule has 2 fully saturated rings. The van der Waals surface area contributed by atoms with E-state index in [1.54, 1.807) is 0 Å². The summed E-state index contributed by atoms with van der Waals surface area (Å²) < 4.78 is 6.03. The smallest absolute Gasteiger partial charge is 0.0989 e. The molecular formula is C16H23NO2. The van der Waals surface area contributed by atoms with Crippen LogP contribution in [0.2, 0.25) is 0 Å². The van der Waals surface area contributed by atoms with Crippen LogP contribution < -0.4 is 0 Å². The average molecular weight is 261 g/mol. The Morgan fingerprint density at radius 3 is 2.89 bits per heavy atom. The fraction of sp³-hybridized carbons (Fsp3) is 0.688. The van der Waals surface area contributed by atoms with Crippen molar-refractivity contribution in [1.82, 2.24) is 4.98 Å². The molecular weight excluding hydrogens is 238 g/mol. The molecule has 19 heavy (non-hydrogen) atoms. The molecule has 1 aliphatic heterocycles. The maximum Gasteiger partial charge on any atom is 0.0989 e. The van der Waals surface area contributed by atoms with Crippen LogP contribution >= 0.6 is 0 Å². The van der Waals surface area contributed by atoms with Gasteiger partial charge >= 0.3 is 0 Å². The summed E-state index contributed by atoms with van der Waals surface area (Å²) in [5.41, 5.74) is 1.85. The lowest BCUT2D eigenvalue weighted by Crippen LogP contribution is -2.39. The largest absolute Gasteiger partial charge is 0.387 e. The molecule has 3 nitrogen and oxygen atoms in total. The first-order valence-electron chi connectivity index (χ1n) is 7.44. The van der Waals surface area contributed by atoms with Crippen LogP contribution in [-0.4, -0.2) is 22.3 Å². The zero-order valence-electron chi connectivity index (χ0n) is 11.6. The summed E-state index contributed by atoms with van der Waals surface area (Å²) >= 11 is 0. The van der Waals surface area contributed by atoms with Gasteiger partial charge in [0.25, 0.3) is 0 Å². The number of hydrogen-bond donors (Lipinski definition) is 1. The van der Waals surface area contributed by atoms with Gasteiger partial charge in [0, 0.05) is 12.3 Å². The fourth-order valence-electron chi connectivity index (χ4n) is 3.67. The maximum atomic E-state index is 10.6. The Kier molecular flexibility index (Phi) is 3.59. The first kappa shape index (κ1) is 13.1. The lowest BCUT2D eigenvalue weighted by Gasteiger charge is -2.39. The predicted octanol–water partition coefficient (Wildman–Crippen LogP) is 3.16. The molecule has 3 heteroatoms. The van der Waals surface area contributed by atoms with Crippen molar-refractivity contribution in [3.63, 3.8) is 0 Å². The Morgan fingerprint density at radius 1 is 1.37 bits per heavy atom. The lowest BCUT2D eigenvalue weighted by atomic mass is 9.81. The van der Waals surface area contributed by atoms with Gasteiger partial charge in [-0.25, -0.2) is 0 Å². The van der Waals surface area contributed by atoms with Crippen LogP contribution in [0.15, 0.2) is 18.2 Å². The number of nitrogens with zero attached hydrogens (tertiary/aromatic N) is 1. The van der Waals surface area contributed by atoms with Gasteiger partial charge in [0.1, 0.15) is 0 Å². The number of pyridine rings is 1. The molecule has 3 rings (SSSR count). The molecule has 1 aromatic rings. The zero-order chi connectivity index (χ0) is 13.3. The normalized spacial score (nSPS) is 27.6. The Balaban J connectivity index is 1.74. The molecule has 1 aromatic heterocycles. The molecule has 0 radical (unpaired) electrons. The Hall–Kier alpha value is -0.930. The topological polar surface area (TPSA) is 42.4 Å². The van der Waals surface area contributed by atoms with Crippen molar-refractivity contribution in [2.24, 2.45) is 5.92 Å². The molecule has 1 saturated heterocycles. The SMILES string of the molecule is Cc1cccc(C(O)C2CCOC3(CCCC3)C2)n1. The minimum atomic E-state index is -0.443. The summed E-state index contributed by atoms with van der Waals surface area (Å²) in [6.45, 7) is 2.76. The summed E-state index contributed by atoms with van der Waals surface area (Å²) in [4.78, 5) is 4.47. The van der Waals surface area contributed by atoms with Crippen molar-refractivity contribution in [2.75, 3.05) is 6.61 Å². The number of rotatable bonds is 2. The second-order valence-corrected chi connectivity index (χ2v) is 6.14. The van der Waals surface area contributed by atoms with Crippen LogP contribution in [0.25, 0.3) is 0 Å². The van der Waals surface area contributed by atoms with E-state index in [-0.39, 0.29) is 5.60 Å². The van der Waals surface area contributed by atoms with Gasteiger partial charge in [-0.05, 0) is 50.7 Å². The zero-order valence-corrected chi connectivity index (χ0v) is 11.6. The number of aromatic nitrogens is 1. The number of aliphatic hydroxyl groups excluding tert-OH is 1. The second-order valence-electron chi connectivity index (χ2n) is 6.14. The summed E-state index contributed by atoms with van der Waals surface area (Å²) in [6, 6.07) is 5.89. The van der Waals surface area contributed by atoms with E-state index in [4.69, 9.17) is 4.74 Å². The van der Waals surface area contributed by atoms with E-state index < -0.39 is 6.10 Å². The summed E-state index contributed by atoms with van der Waals surface area (Å²) in [5, 5.41) is 10.6. The van der Waals surface area contributed by atoms with Crippen LogP contribution in [0.4, 0.5) is 0 Å². The van der Waals surface area contributed by atoms with E-state index in [0.29, 0.717) is 5.92 Å². The standard InChI is InChI=1S/C16H23NO2/c1-12-5-4-6-14(17-12)15(18)13-7-10-19-16(11-13)8-2-3-9-16/h4-6,13,15,18H,2-3,7-11H2,1H3.